The van der Waals surface area contributed by atoms with E-state index >= 15 is 0 Å². The Hall–Kier alpha value is -2.48. The minimum absolute atomic E-state index is 0.0172. The highest BCUT2D eigenvalue weighted by Gasteiger charge is 2.28. The summed E-state index contributed by atoms with van der Waals surface area (Å²) in [5.41, 5.74) is 0. The number of allylic oxidation sites excluding steroid dienone is 10. The van der Waals surface area contributed by atoms with Crippen molar-refractivity contribution in [3.8, 4) is 0 Å². The molecule has 0 aliphatic heterocycles. The van der Waals surface area contributed by atoms with Crippen LogP contribution in [0.25, 0.3) is 0 Å². The maximum atomic E-state index is 12.6. The van der Waals surface area contributed by atoms with Crippen LogP contribution >= 0.6 is 15.6 Å². The summed E-state index contributed by atoms with van der Waals surface area (Å²) in [7, 11) is -9.72. The van der Waals surface area contributed by atoms with Gasteiger partial charge >= 0.3 is 27.6 Å². The number of hydrogen-bond acceptors (Lipinski definition) is 11. The van der Waals surface area contributed by atoms with Crippen LogP contribution in [0.15, 0.2) is 72.9 Å². The Morgan fingerprint density at radius 1 is 0.550 bits per heavy atom. The number of ether oxygens (including phenoxy) is 2. The van der Waals surface area contributed by atoms with Gasteiger partial charge in [0.1, 0.15) is 12.7 Å². The van der Waals surface area contributed by atoms with Gasteiger partial charge in [0.25, 0.3) is 0 Å². The van der Waals surface area contributed by atoms with Gasteiger partial charge in [0.05, 0.1) is 25.9 Å². The molecule has 0 saturated carbocycles. The maximum absolute atomic E-state index is 12.6. The first-order chi connectivity index (χ1) is 28.8. The third-order valence-corrected chi connectivity index (χ3v) is 10.1. The topological polar surface area (TPSA) is 216 Å². The zero-order chi connectivity index (χ0) is 44.6. The summed E-state index contributed by atoms with van der Waals surface area (Å²) in [5.74, 6) is -1.16. The molecule has 60 heavy (non-hydrogen) atoms. The Morgan fingerprint density at radius 2 is 1.07 bits per heavy atom. The highest BCUT2D eigenvalue weighted by molar-refractivity contribution is 7.47. The molecule has 0 aliphatic rings. The van der Waals surface area contributed by atoms with E-state index < -0.39 is 72.3 Å². The van der Waals surface area contributed by atoms with Crippen LogP contribution in [0.4, 0.5) is 0 Å². The van der Waals surface area contributed by atoms with Crippen LogP contribution in [-0.2, 0) is 41.8 Å². The number of aliphatic hydroxyl groups is 2. The molecule has 16 heteroatoms. The largest absolute Gasteiger partial charge is 0.472 e. The lowest BCUT2D eigenvalue weighted by atomic mass is 10.1. The number of carbonyl (C=O) groups is 2. The lowest BCUT2D eigenvalue weighted by molar-refractivity contribution is -0.161. The van der Waals surface area contributed by atoms with Crippen LogP contribution in [-0.4, -0.2) is 81.6 Å². The molecular weight excluding hydrogens is 814 g/mol. The second kappa shape index (κ2) is 39.4. The Kier molecular flexibility index (Phi) is 37.7. The molecule has 0 heterocycles. The van der Waals surface area contributed by atoms with Crippen molar-refractivity contribution in [3.63, 3.8) is 0 Å². The van der Waals surface area contributed by atoms with Gasteiger partial charge in [0, 0.05) is 12.8 Å². The normalized spacial score (nSPS) is 15.2. The monoisotopic (exact) mass is 890 g/mol. The van der Waals surface area contributed by atoms with Gasteiger partial charge < -0.3 is 34.4 Å². The molecule has 346 valence electrons. The molecule has 0 aromatic carbocycles. The van der Waals surface area contributed by atoms with Gasteiger partial charge in [-0.2, -0.15) is 0 Å². The number of unbranched alkanes of at least 4 members (excludes halogenated alkanes) is 12. The van der Waals surface area contributed by atoms with Crippen LogP contribution in [0.5, 0.6) is 0 Å². The number of esters is 2. The molecule has 0 aromatic rings. The van der Waals surface area contributed by atoms with Gasteiger partial charge in [-0.25, -0.2) is 9.13 Å². The summed E-state index contributed by atoms with van der Waals surface area (Å²) in [6.45, 7) is 1.52. The van der Waals surface area contributed by atoms with Crippen LogP contribution in [0.2, 0.25) is 0 Å². The summed E-state index contributed by atoms with van der Waals surface area (Å²) in [6.07, 6.45) is 39.2. The van der Waals surface area contributed by atoms with Crippen molar-refractivity contribution in [3.05, 3.63) is 72.9 Å². The predicted octanol–water partition coefficient (Wildman–Crippen LogP) is 9.98. The molecule has 0 amide bonds. The number of rotatable bonds is 40. The summed E-state index contributed by atoms with van der Waals surface area (Å²) in [5, 5.41) is 19.8. The number of carbonyl (C=O) groups excluding carboxylic acids is 2. The van der Waals surface area contributed by atoms with Gasteiger partial charge in [-0.05, 0) is 77.0 Å². The molecule has 14 nitrogen and oxygen atoms in total. The Balaban J connectivity index is 4.72. The molecule has 0 rings (SSSR count). The van der Waals surface area contributed by atoms with E-state index in [0.29, 0.717) is 32.1 Å². The Bertz CT molecular complexity index is 1350. The average Bonchev–Trinajstić information content (AvgIpc) is 3.20. The van der Waals surface area contributed by atoms with Crippen molar-refractivity contribution in [2.45, 2.75) is 167 Å². The second-order valence-corrected chi connectivity index (χ2v) is 17.2. The van der Waals surface area contributed by atoms with Gasteiger partial charge in [-0.3, -0.25) is 23.2 Å². The van der Waals surface area contributed by atoms with Crippen molar-refractivity contribution in [2.75, 3.05) is 26.4 Å². The summed E-state index contributed by atoms with van der Waals surface area (Å²) < 4.78 is 47.6. The number of aliphatic hydroxyl groups excluding tert-OH is 2. The molecule has 0 radical (unpaired) electrons. The molecule has 0 aliphatic carbocycles. The minimum Gasteiger partial charge on any atom is -0.462 e. The molecule has 0 saturated heterocycles. The minimum atomic E-state index is -4.88. The predicted molar refractivity (Wildman–Crippen MR) is 236 cm³/mol. The van der Waals surface area contributed by atoms with E-state index in [9.17, 15) is 33.8 Å². The van der Waals surface area contributed by atoms with Gasteiger partial charge in [-0.1, -0.05) is 132 Å². The van der Waals surface area contributed by atoms with Crippen molar-refractivity contribution in [1.29, 1.82) is 0 Å². The number of phosphoric ester groups is 2. The quantitative estimate of drug-likeness (QED) is 0.0127. The molecule has 0 bridgehead atoms. The smallest absolute Gasteiger partial charge is 0.462 e. The third kappa shape index (κ3) is 42.2. The zero-order valence-corrected chi connectivity index (χ0v) is 37.9. The SMILES string of the molecule is CCCCC/C=C\C/C=C\CCCCCCCC(=O)OC[C@H](COP(=O)(O)OC[C@@H](O)COP(=O)(O)O)OC(=O)CCC/C=C\C/C=C\C=C\[C@@H](O)C/C=C\CCCCC. The molecule has 5 N–H and O–H groups in total. The molecular formula is C44H76O14P2. The first-order valence-corrected chi connectivity index (χ1v) is 24.8. The van der Waals surface area contributed by atoms with Crippen LogP contribution in [0.1, 0.15) is 149 Å². The van der Waals surface area contributed by atoms with Crippen molar-refractivity contribution in [1.82, 2.24) is 0 Å². The summed E-state index contributed by atoms with van der Waals surface area (Å²) in [6, 6.07) is 0. The van der Waals surface area contributed by atoms with E-state index in [1.807, 2.05) is 36.5 Å². The average molecular weight is 891 g/mol. The lowest BCUT2D eigenvalue weighted by Crippen LogP contribution is -2.29. The van der Waals surface area contributed by atoms with Gasteiger partial charge in [0.2, 0.25) is 0 Å². The highest BCUT2D eigenvalue weighted by atomic mass is 31.2. The number of phosphoric acid groups is 2. The molecule has 0 spiro atoms. The molecule has 4 atom stereocenters. The van der Waals surface area contributed by atoms with E-state index in [4.69, 9.17) is 23.8 Å². The standard InChI is InChI=1S/C44H76O14P2/c1-3-5-7-9-11-12-13-14-15-16-17-18-22-26-30-34-43(47)54-38-42(39-57-60(52,53)56-37-41(46)36-55-59(49,50)51)58-44(48)35-31-27-23-20-19-21-25-29-33-40(45)32-28-24-10-8-6-4-2/h11-12,14-15,20-21,23-25,28-29,33,40-42,45-46H,3-10,13,16-19,22,26-27,30-32,34-39H2,1-2H3,(H,52,53)(H2,49,50,51)/b12-11-,15-14-,23-20-,25-21-,28-24-,33-29+/t40-,41-,42+/m0/s1. The lowest BCUT2D eigenvalue weighted by Gasteiger charge is -2.20. The molecule has 0 aromatic heterocycles. The Labute approximate surface area is 359 Å². The van der Waals surface area contributed by atoms with E-state index in [1.165, 1.54) is 38.5 Å². The maximum Gasteiger partial charge on any atom is 0.472 e. The second-order valence-electron chi connectivity index (χ2n) is 14.5. The summed E-state index contributed by atoms with van der Waals surface area (Å²) in [4.78, 5) is 52.6. The molecule has 0 fully saturated rings. The van der Waals surface area contributed by atoms with Crippen LogP contribution in [0, 0.1) is 0 Å². The molecule has 1 unspecified atom stereocenters. The first-order valence-electron chi connectivity index (χ1n) is 21.7. The van der Waals surface area contributed by atoms with E-state index in [0.717, 1.165) is 51.4 Å². The van der Waals surface area contributed by atoms with Crippen molar-refractivity contribution in [2.24, 2.45) is 0 Å². The fraction of sp³-hybridized carbons (Fsp3) is 0.682. The van der Waals surface area contributed by atoms with Crippen LogP contribution in [0.3, 0.4) is 0 Å². The van der Waals surface area contributed by atoms with Gasteiger partial charge in [0.15, 0.2) is 6.10 Å². The summed E-state index contributed by atoms with van der Waals surface area (Å²) >= 11 is 0. The highest BCUT2D eigenvalue weighted by Crippen LogP contribution is 2.43. The zero-order valence-electron chi connectivity index (χ0n) is 36.1. The fourth-order valence-corrected chi connectivity index (χ4v) is 6.43. The van der Waals surface area contributed by atoms with Crippen LogP contribution < -0.4 is 0 Å². The van der Waals surface area contributed by atoms with Gasteiger partial charge in [-0.15, -0.1) is 0 Å². The number of hydrogen-bond donors (Lipinski definition) is 5. The van der Waals surface area contributed by atoms with E-state index in [1.54, 1.807) is 6.08 Å². The third-order valence-electron chi connectivity index (χ3n) is 8.64. The fourth-order valence-electron chi connectivity index (χ4n) is 5.28. The van der Waals surface area contributed by atoms with E-state index in [-0.39, 0.29) is 12.8 Å². The van der Waals surface area contributed by atoms with Crippen molar-refractivity contribution >= 4 is 27.6 Å². The van der Waals surface area contributed by atoms with Crippen molar-refractivity contribution < 1.29 is 66.7 Å². The van der Waals surface area contributed by atoms with E-state index in [2.05, 4.69) is 53.3 Å². The first kappa shape index (κ1) is 57.5. The Morgan fingerprint density at radius 3 is 1.70 bits per heavy atom.